The van der Waals surface area contributed by atoms with Crippen LogP contribution in [0.2, 0.25) is 0 Å². The molecule has 0 bridgehead atoms. The monoisotopic (exact) mass is 520 g/mol. The summed E-state index contributed by atoms with van der Waals surface area (Å²) in [4.78, 5) is 0. The summed E-state index contributed by atoms with van der Waals surface area (Å²) in [6, 6.07) is 29.0. The molecule has 0 saturated carbocycles. The Balaban J connectivity index is 1.75. The van der Waals surface area contributed by atoms with Gasteiger partial charge in [0.1, 0.15) is 6.10 Å². The molecule has 0 aliphatic rings. The first-order valence-corrected chi connectivity index (χ1v) is 11.4. The fourth-order valence-corrected chi connectivity index (χ4v) is 5.61. The predicted octanol–water partition coefficient (Wildman–Crippen LogP) is 8.24. The molecule has 4 aromatic carbocycles. The molecular formula is C27H22Br2O. The smallest absolute Gasteiger partial charge is 0.107 e. The molecule has 1 atom stereocenters. The average Bonchev–Trinajstić information content (AvgIpc) is 2.74. The Morgan fingerprint density at radius 2 is 0.967 bits per heavy atom. The lowest BCUT2D eigenvalue weighted by Gasteiger charge is -2.21. The highest BCUT2D eigenvalue weighted by molar-refractivity contribution is 9.11. The number of hydrogen-bond acceptors (Lipinski definition) is 1. The van der Waals surface area contributed by atoms with Gasteiger partial charge in [-0.3, -0.25) is 0 Å². The lowest BCUT2D eigenvalue weighted by Crippen LogP contribution is -2.07. The lowest BCUT2D eigenvalue weighted by molar-refractivity contribution is 0.217. The van der Waals surface area contributed by atoms with E-state index in [4.69, 9.17) is 0 Å². The summed E-state index contributed by atoms with van der Waals surface area (Å²) in [5.41, 5.74) is 8.52. The molecule has 4 aromatic rings. The predicted molar refractivity (Wildman–Crippen MR) is 133 cm³/mol. The third kappa shape index (κ3) is 4.15. The van der Waals surface area contributed by atoms with Crippen LogP contribution in [0.3, 0.4) is 0 Å². The molecule has 0 fully saturated rings. The van der Waals surface area contributed by atoms with Gasteiger partial charge in [0.25, 0.3) is 0 Å². The molecule has 3 heteroatoms. The molecule has 4 rings (SSSR count). The van der Waals surface area contributed by atoms with Gasteiger partial charge in [0, 0.05) is 14.5 Å². The molecule has 0 aliphatic heterocycles. The second kappa shape index (κ2) is 8.89. The largest absolute Gasteiger partial charge is 0.384 e. The Morgan fingerprint density at radius 3 is 1.40 bits per heavy atom. The van der Waals surface area contributed by atoms with Gasteiger partial charge < -0.3 is 5.11 Å². The van der Waals surface area contributed by atoms with E-state index in [0.29, 0.717) is 0 Å². The van der Waals surface area contributed by atoms with Crippen LogP contribution in [0.25, 0.3) is 22.3 Å². The fraction of sp³-hybridized carbons (Fsp3) is 0.111. The van der Waals surface area contributed by atoms with E-state index in [2.05, 4.69) is 94.2 Å². The van der Waals surface area contributed by atoms with E-state index in [-0.39, 0.29) is 0 Å². The quantitative estimate of drug-likeness (QED) is 0.286. The van der Waals surface area contributed by atoms with E-state index >= 15 is 0 Å². The SMILES string of the molecule is Cc1cc(-c2ccccc2)cc(C)c1C(O)c1c(Br)cc(-c2ccccc2)cc1Br. The second-order valence-electron chi connectivity index (χ2n) is 7.51. The molecular weight excluding hydrogens is 500 g/mol. The van der Waals surface area contributed by atoms with Crippen molar-refractivity contribution in [2.45, 2.75) is 20.0 Å². The number of hydrogen-bond donors (Lipinski definition) is 1. The molecule has 0 spiro atoms. The first-order chi connectivity index (χ1) is 14.5. The van der Waals surface area contributed by atoms with Gasteiger partial charge in [-0.25, -0.2) is 0 Å². The highest BCUT2D eigenvalue weighted by Gasteiger charge is 2.22. The average molecular weight is 522 g/mol. The Labute approximate surface area is 194 Å². The Bertz CT molecular complexity index is 1040. The van der Waals surface area contributed by atoms with Gasteiger partial charge in [-0.2, -0.15) is 0 Å². The molecule has 1 N–H and O–H groups in total. The van der Waals surface area contributed by atoms with E-state index < -0.39 is 6.10 Å². The van der Waals surface area contributed by atoms with Gasteiger partial charge in [-0.1, -0.05) is 105 Å². The van der Waals surface area contributed by atoms with Crippen molar-refractivity contribution in [2.75, 3.05) is 0 Å². The van der Waals surface area contributed by atoms with Gasteiger partial charge in [0.05, 0.1) is 0 Å². The van der Waals surface area contributed by atoms with Crippen LogP contribution in [-0.2, 0) is 0 Å². The van der Waals surface area contributed by atoms with Gasteiger partial charge in [0.15, 0.2) is 0 Å². The van der Waals surface area contributed by atoms with Gasteiger partial charge >= 0.3 is 0 Å². The zero-order chi connectivity index (χ0) is 21.3. The first-order valence-electron chi connectivity index (χ1n) is 9.84. The zero-order valence-electron chi connectivity index (χ0n) is 16.9. The van der Waals surface area contributed by atoms with Gasteiger partial charge in [0.2, 0.25) is 0 Å². The number of halogens is 2. The third-order valence-corrected chi connectivity index (χ3v) is 6.75. The molecule has 0 aromatic heterocycles. The molecule has 150 valence electrons. The van der Waals surface area contributed by atoms with Crippen LogP contribution in [0.5, 0.6) is 0 Å². The summed E-state index contributed by atoms with van der Waals surface area (Å²) in [5, 5.41) is 11.4. The molecule has 0 aliphatic carbocycles. The Morgan fingerprint density at radius 1 is 0.567 bits per heavy atom. The normalized spacial score (nSPS) is 12.0. The minimum atomic E-state index is -0.733. The first kappa shape index (κ1) is 21.0. The van der Waals surface area contributed by atoms with E-state index in [1.165, 1.54) is 11.1 Å². The molecule has 1 unspecified atom stereocenters. The Kier molecular flexibility index (Phi) is 6.24. The summed E-state index contributed by atoms with van der Waals surface area (Å²) in [5.74, 6) is 0. The maximum atomic E-state index is 11.4. The summed E-state index contributed by atoms with van der Waals surface area (Å²) in [7, 11) is 0. The third-order valence-electron chi connectivity index (χ3n) is 5.43. The molecule has 0 amide bonds. The van der Waals surface area contributed by atoms with Crippen molar-refractivity contribution in [1.82, 2.24) is 0 Å². The van der Waals surface area contributed by atoms with Crippen LogP contribution < -0.4 is 0 Å². The van der Waals surface area contributed by atoms with Crippen molar-refractivity contribution in [1.29, 1.82) is 0 Å². The standard InChI is InChI=1S/C27H22Br2O/c1-17-13-21(19-9-5-3-6-10-19)14-18(2)25(17)27(30)26-23(28)15-22(16-24(26)29)20-11-7-4-8-12-20/h3-16,27,30H,1-2H3. The maximum absolute atomic E-state index is 11.4. The zero-order valence-corrected chi connectivity index (χ0v) is 20.0. The van der Waals surface area contributed by atoms with Crippen LogP contribution in [0, 0.1) is 13.8 Å². The minimum absolute atomic E-state index is 0.733. The summed E-state index contributed by atoms with van der Waals surface area (Å²) < 4.78 is 1.77. The highest BCUT2D eigenvalue weighted by atomic mass is 79.9. The van der Waals surface area contributed by atoms with Gasteiger partial charge in [-0.15, -0.1) is 0 Å². The van der Waals surface area contributed by atoms with Crippen molar-refractivity contribution in [3.63, 3.8) is 0 Å². The number of aliphatic hydroxyl groups excluding tert-OH is 1. The van der Waals surface area contributed by atoms with E-state index in [1.807, 2.05) is 36.4 Å². The molecule has 30 heavy (non-hydrogen) atoms. The van der Waals surface area contributed by atoms with E-state index in [1.54, 1.807) is 0 Å². The topological polar surface area (TPSA) is 20.2 Å². The highest BCUT2D eigenvalue weighted by Crippen LogP contribution is 2.40. The molecule has 0 heterocycles. The van der Waals surface area contributed by atoms with Crippen LogP contribution in [0.1, 0.15) is 28.4 Å². The fourth-order valence-electron chi connectivity index (χ4n) is 3.99. The number of aliphatic hydroxyl groups is 1. The number of aryl methyl sites for hydroxylation is 2. The summed E-state index contributed by atoms with van der Waals surface area (Å²) in [6.07, 6.45) is -0.733. The summed E-state index contributed by atoms with van der Waals surface area (Å²) in [6.45, 7) is 4.14. The number of benzene rings is 4. The van der Waals surface area contributed by atoms with Crippen LogP contribution in [-0.4, -0.2) is 5.11 Å². The van der Waals surface area contributed by atoms with Crippen molar-refractivity contribution in [2.24, 2.45) is 0 Å². The van der Waals surface area contributed by atoms with Crippen molar-refractivity contribution < 1.29 is 5.11 Å². The molecule has 0 radical (unpaired) electrons. The van der Waals surface area contributed by atoms with E-state index in [0.717, 1.165) is 42.3 Å². The maximum Gasteiger partial charge on any atom is 0.107 e. The molecule has 0 saturated heterocycles. The van der Waals surface area contributed by atoms with Crippen molar-refractivity contribution >= 4 is 31.9 Å². The van der Waals surface area contributed by atoms with Crippen LogP contribution >= 0.6 is 31.9 Å². The van der Waals surface area contributed by atoms with Crippen LogP contribution in [0.15, 0.2) is 93.9 Å². The van der Waals surface area contributed by atoms with Crippen molar-refractivity contribution in [3.8, 4) is 22.3 Å². The van der Waals surface area contributed by atoms with E-state index in [9.17, 15) is 5.11 Å². The Hall–Kier alpha value is -2.20. The second-order valence-corrected chi connectivity index (χ2v) is 9.22. The van der Waals surface area contributed by atoms with Gasteiger partial charge in [-0.05, 0) is 64.9 Å². The number of rotatable bonds is 4. The minimum Gasteiger partial charge on any atom is -0.384 e. The molecule has 1 nitrogen and oxygen atoms in total. The lowest BCUT2D eigenvalue weighted by atomic mass is 9.89. The van der Waals surface area contributed by atoms with Crippen LogP contribution in [0.4, 0.5) is 0 Å². The summed E-state index contributed by atoms with van der Waals surface area (Å²) >= 11 is 7.41. The van der Waals surface area contributed by atoms with Crippen molar-refractivity contribution in [3.05, 3.63) is 116 Å².